The maximum absolute atomic E-state index is 11.3. The first-order chi connectivity index (χ1) is 9.09. The monoisotopic (exact) mass is 294 g/mol. The van der Waals surface area contributed by atoms with Gasteiger partial charge in [0.05, 0.1) is 15.7 Å². The van der Waals surface area contributed by atoms with Gasteiger partial charge in [-0.2, -0.15) is 0 Å². The number of amides is 1. The van der Waals surface area contributed by atoms with Gasteiger partial charge >= 0.3 is 0 Å². The third-order valence-electron chi connectivity index (χ3n) is 2.70. The number of para-hydroxylation sites is 1. The summed E-state index contributed by atoms with van der Waals surface area (Å²) in [5, 5.41) is 4.18. The van der Waals surface area contributed by atoms with Crippen LogP contribution >= 0.6 is 23.2 Å². The molecule has 0 saturated carbocycles. The second-order valence-electron chi connectivity index (χ2n) is 3.97. The van der Waals surface area contributed by atoms with Crippen LogP contribution in [-0.2, 0) is 6.54 Å². The van der Waals surface area contributed by atoms with Crippen molar-refractivity contribution in [1.29, 1.82) is 0 Å². The number of benzene rings is 2. The minimum atomic E-state index is -0.456. The summed E-state index contributed by atoms with van der Waals surface area (Å²) in [6.45, 7) is 0.419. The number of nitrogens with two attached hydrogens (primary N) is 1. The molecule has 0 spiro atoms. The molecule has 3 nitrogen and oxygen atoms in total. The Morgan fingerprint density at radius 3 is 2.32 bits per heavy atom. The predicted molar refractivity (Wildman–Crippen MR) is 78.7 cm³/mol. The van der Waals surface area contributed by atoms with Gasteiger partial charge in [-0.25, -0.2) is 0 Å². The van der Waals surface area contributed by atoms with Gasteiger partial charge in [0.1, 0.15) is 0 Å². The zero-order valence-electron chi connectivity index (χ0n) is 9.99. The minimum absolute atomic E-state index is 0.419. The average Bonchev–Trinajstić information content (AvgIpc) is 2.38. The van der Waals surface area contributed by atoms with Crippen molar-refractivity contribution < 1.29 is 4.79 Å². The van der Waals surface area contributed by atoms with Crippen LogP contribution in [0, 0.1) is 0 Å². The van der Waals surface area contributed by atoms with E-state index in [0.29, 0.717) is 27.8 Å². The molecule has 0 radical (unpaired) electrons. The van der Waals surface area contributed by atoms with E-state index in [1.54, 1.807) is 30.3 Å². The minimum Gasteiger partial charge on any atom is -0.379 e. The van der Waals surface area contributed by atoms with Crippen molar-refractivity contribution in [2.75, 3.05) is 5.32 Å². The topological polar surface area (TPSA) is 55.1 Å². The third kappa shape index (κ3) is 3.19. The molecule has 3 N–H and O–H groups in total. The van der Waals surface area contributed by atoms with Gasteiger partial charge in [-0.15, -0.1) is 0 Å². The van der Waals surface area contributed by atoms with Gasteiger partial charge in [0, 0.05) is 12.1 Å². The van der Waals surface area contributed by atoms with E-state index in [1.165, 1.54) is 0 Å². The molecule has 2 aromatic rings. The quantitative estimate of drug-likeness (QED) is 0.903. The Hall–Kier alpha value is -1.71. The molecule has 0 heterocycles. The number of hydrogen-bond donors (Lipinski definition) is 2. The van der Waals surface area contributed by atoms with Gasteiger partial charge in [-0.3, -0.25) is 4.79 Å². The number of primary amides is 1. The Kier molecular flexibility index (Phi) is 4.30. The number of rotatable bonds is 4. The largest absolute Gasteiger partial charge is 0.379 e. The van der Waals surface area contributed by atoms with Gasteiger partial charge in [0.2, 0.25) is 5.91 Å². The van der Waals surface area contributed by atoms with Crippen molar-refractivity contribution in [3.05, 3.63) is 63.6 Å². The van der Waals surface area contributed by atoms with E-state index in [1.807, 2.05) is 12.1 Å². The van der Waals surface area contributed by atoms with Crippen molar-refractivity contribution in [3.63, 3.8) is 0 Å². The first kappa shape index (κ1) is 13.7. The molecule has 98 valence electrons. The highest BCUT2D eigenvalue weighted by Crippen LogP contribution is 2.30. The molecule has 0 fully saturated rings. The fourth-order valence-corrected chi connectivity index (χ4v) is 2.30. The Morgan fingerprint density at radius 1 is 1.05 bits per heavy atom. The standard InChI is InChI=1S/C14H12Cl2N2O/c15-11-6-3-7-12(16)13(11)18-8-9-4-1-2-5-10(9)14(17)19/h1-7,18H,8H2,(H2,17,19). The number of anilines is 1. The summed E-state index contributed by atoms with van der Waals surface area (Å²) < 4.78 is 0. The van der Waals surface area contributed by atoms with Crippen LogP contribution in [0.5, 0.6) is 0 Å². The first-order valence-electron chi connectivity index (χ1n) is 5.65. The number of carbonyl (C=O) groups excluding carboxylic acids is 1. The normalized spacial score (nSPS) is 10.2. The molecule has 2 rings (SSSR count). The van der Waals surface area contributed by atoms with E-state index < -0.39 is 5.91 Å². The lowest BCUT2D eigenvalue weighted by Gasteiger charge is -2.12. The van der Waals surface area contributed by atoms with Crippen molar-refractivity contribution >= 4 is 34.8 Å². The summed E-state index contributed by atoms with van der Waals surface area (Å²) in [7, 11) is 0. The molecule has 0 aliphatic carbocycles. The third-order valence-corrected chi connectivity index (χ3v) is 3.33. The number of hydrogen-bond acceptors (Lipinski definition) is 2. The number of halogens is 2. The van der Waals surface area contributed by atoms with Crippen LogP contribution in [-0.4, -0.2) is 5.91 Å². The van der Waals surface area contributed by atoms with Crippen LogP contribution in [0.1, 0.15) is 15.9 Å². The summed E-state index contributed by atoms with van der Waals surface area (Å²) in [5.74, 6) is -0.456. The molecule has 0 unspecified atom stereocenters. The zero-order valence-corrected chi connectivity index (χ0v) is 11.5. The molecule has 5 heteroatoms. The highest BCUT2D eigenvalue weighted by molar-refractivity contribution is 6.39. The molecular weight excluding hydrogens is 283 g/mol. The fraction of sp³-hybridized carbons (Fsp3) is 0.0714. The Balaban J connectivity index is 2.22. The van der Waals surface area contributed by atoms with E-state index in [9.17, 15) is 4.79 Å². The maximum atomic E-state index is 11.3. The average molecular weight is 295 g/mol. The summed E-state index contributed by atoms with van der Waals surface area (Å²) in [5.41, 5.74) is 7.25. The lowest BCUT2D eigenvalue weighted by Crippen LogP contribution is -2.15. The Labute approximate surface area is 121 Å². The predicted octanol–water partition coefficient (Wildman–Crippen LogP) is 3.70. The SMILES string of the molecule is NC(=O)c1ccccc1CNc1c(Cl)cccc1Cl. The molecule has 0 bridgehead atoms. The zero-order chi connectivity index (χ0) is 13.8. The van der Waals surface area contributed by atoms with Gasteiger partial charge in [-0.1, -0.05) is 47.5 Å². The van der Waals surface area contributed by atoms with Crippen molar-refractivity contribution in [2.24, 2.45) is 5.73 Å². The van der Waals surface area contributed by atoms with Gasteiger partial charge in [0.25, 0.3) is 0 Å². The second-order valence-corrected chi connectivity index (χ2v) is 4.79. The molecule has 0 aliphatic heterocycles. The van der Waals surface area contributed by atoms with Gasteiger partial charge in [0.15, 0.2) is 0 Å². The van der Waals surface area contributed by atoms with Crippen molar-refractivity contribution in [3.8, 4) is 0 Å². The Morgan fingerprint density at radius 2 is 1.68 bits per heavy atom. The lowest BCUT2D eigenvalue weighted by atomic mass is 10.1. The maximum Gasteiger partial charge on any atom is 0.249 e. The van der Waals surface area contributed by atoms with E-state index in [0.717, 1.165) is 5.56 Å². The molecule has 0 atom stereocenters. The van der Waals surface area contributed by atoms with E-state index in [2.05, 4.69) is 5.32 Å². The molecule has 0 aromatic heterocycles. The second kappa shape index (κ2) is 5.95. The molecule has 19 heavy (non-hydrogen) atoms. The fourth-order valence-electron chi connectivity index (χ4n) is 1.77. The number of nitrogens with one attached hydrogen (secondary N) is 1. The van der Waals surface area contributed by atoms with Gasteiger partial charge in [-0.05, 0) is 23.8 Å². The van der Waals surface area contributed by atoms with Crippen LogP contribution in [0.15, 0.2) is 42.5 Å². The molecular formula is C14H12Cl2N2O. The molecule has 1 amide bonds. The Bertz CT molecular complexity index is 594. The highest BCUT2D eigenvalue weighted by Gasteiger charge is 2.09. The van der Waals surface area contributed by atoms with E-state index >= 15 is 0 Å². The summed E-state index contributed by atoms with van der Waals surface area (Å²) in [6.07, 6.45) is 0. The molecule has 0 saturated heterocycles. The van der Waals surface area contributed by atoms with Crippen LogP contribution in [0.25, 0.3) is 0 Å². The van der Waals surface area contributed by atoms with Crippen LogP contribution in [0.3, 0.4) is 0 Å². The summed E-state index contributed by atoms with van der Waals surface area (Å²) >= 11 is 12.1. The smallest absolute Gasteiger partial charge is 0.249 e. The summed E-state index contributed by atoms with van der Waals surface area (Å²) in [4.78, 5) is 11.3. The highest BCUT2D eigenvalue weighted by atomic mass is 35.5. The van der Waals surface area contributed by atoms with Crippen LogP contribution in [0.4, 0.5) is 5.69 Å². The lowest BCUT2D eigenvalue weighted by molar-refractivity contribution is 0.0999. The first-order valence-corrected chi connectivity index (χ1v) is 6.41. The van der Waals surface area contributed by atoms with Crippen LogP contribution in [0.2, 0.25) is 10.0 Å². The molecule has 0 aliphatic rings. The number of carbonyl (C=O) groups is 1. The van der Waals surface area contributed by atoms with Crippen LogP contribution < -0.4 is 11.1 Å². The molecule has 2 aromatic carbocycles. The van der Waals surface area contributed by atoms with E-state index in [-0.39, 0.29) is 0 Å². The van der Waals surface area contributed by atoms with Crippen molar-refractivity contribution in [2.45, 2.75) is 6.54 Å². The van der Waals surface area contributed by atoms with Gasteiger partial charge < -0.3 is 11.1 Å². The van der Waals surface area contributed by atoms with E-state index in [4.69, 9.17) is 28.9 Å². The van der Waals surface area contributed by atoms with Crippen molar-refractivity contribution in [1.82, 2.24) is 0 Å². The summed E-state index contributed by atoms with van der Waals surface area (Å²) in [6, 6.07) is 12.4.